The van der Waals surface area contributed by atoms with E-state index in [1.807, 2.05) is 4.90 Å². The van der Waals surface area contributed by atoms with Crippen molar-refractivity contribution in [3.05, 3.63) is 28.5 Å². The Morgan fingerprint density at radius 1 is 1.35 bits per heavy atom. The molecule has 2 rings (SSSR count). The van der Waals surface area contributed by atoms with Crippen molar-refractivity contribution in [2.45, 2.75) is 45.6 Å². The lowest BCUT2D eigenvalue weighted by Gasteiger charge is -2.34. The molecule has 1 fully saturated rings. The van der Waals surface area contributed by atoms with E-state index in [9.17, 15) is 9.59 Å². The van der Waals surface area contributed by atoms with Gasteiger partial charge in [-0.3, -0.25) is 9.59 Å². The fraction of sp³-hybridized carbons (Fsp3) is 0.588. The van der Waals surface area contributed by atoms with Gasteiger partial charge in [0.05, 0.1) is 5.56 Å². The molecule has 0 saturated carbocycles. The Bertz CT molecular complexity index is 602. The van der Waals surface area contributed by atoms with Crippen molar-refractivity contribution >= 4 is 24.0 Å². The van der Waals surface area contributed by atoms with Gasteiger partial charge in [0.1, 0.15) is 4.64 Å². The van der Waals surface area contributed by atoms with Crippen LogP contribution in [0, 0.1) is 10.6 Å². The topological polar surface area (TPSA) is 65.2 Å². The summed E-state index contributed by atoms with van der Waals surface area (Å²) in [5.41, 5.74) is 0.498. The van der Waals surface area contributed by atoms with Crippen LogP contribution in [-0.2, 0) is 4.79 Å². The van der Waals surface area contributed by atoms with E-state index in [4.69, 9.17) is 12.2 Å². The third-order valence-electron chi connectivity index (χ3n) is 4.54. The molecule has 2 N–H and O–H groups in total. The van der Waals surface area contributed by atoms with Gasteiger partial charge in [0, 0.05) is 31.2 Å². The van der Waals surface area contributed by atoms with Gasteiger partial charge in [-0.15, -0.1) is 0 Å². The van der Waals surface area contributed by atoms with Gasteiger partial charge >= 0.3 is 0 Å². The first-order valence-electron chi connectivity index (χ1n) is 8.34. The minimum atomic E-state index is -0.142. The summed E-state index contributed by atoms with van der Waals surface area (Å²) in [5, 5.41) is 3.03. The highest BCUT2D eigenvalue weighted by Gasteiger charge is 2.27. The number of carbonyl (C=O) groups excluding carboxylic acids is 2. The summed E-state index contributed by atoms with van der Waals surface area (Å²) in [7, 11) is 0. The number of nitrogens with zero attached hydrogens (tertiary/aromatic N) is 1. The van der Waals surface area contributed by atoms with Gasteiger partial charge in [-0.25, -0.2) is 0 Å². The molecule has 0 spiro atoms. The molecule has 0 atom stereocenters. The Hall–Kier alpha value is -1.69. The first-order valence-corrected chi connectivity index (χ1v) is 8.75. The van der Waals surface area contributed by atoms with Crippen molar-refractivity contribution in [1.82, 2.24) is 15.2 Å². The Morgan fingerprint density at radius 2 is 2.00 bits per heavy atom. The first kappa shape index (κ1) is 17.7. The van der Waals surface area contributed by atoms with Crippen LogP contribution in [0.3, 0.4) is 0 Å². The van der Waals surface area contributed by atoms with E-state index in [1.54, 1.807) is 18.3 Å². The van der Waals surface area contributed by atoms with Gasteiger partial charge in [-0.2, -0.15) is 0 Å². The summed E-state index contributed by atoms with van der Waals surface area (Å²) < 4.78 is 0.450. The minimum absolute atomic E-state index is 0.0999. The second kappa shape index (κ2) is 8.24. The molecule has 0 aliphatic carbocycles. The second-order valence-corrected chi connectivity index (χ2v) is 6.41. The van der Waals surface area contributed by atoms with Crippen LogP contribution in [-0.4, -0.2) is 40.8 Å². The summed E-state index contributed by atoms with van der Waals surface area (Å²) in [4.78, 5) is 29.5. The average molecular weight is 335 g/mol. The normalized spacial score (nSPS) is 15.7. The molecule has 2 amide bonds. The zero-order valence-corrected chi connectivity index (χ0v) is 14.6. The van der Waals surface area contributed by atoms with Crippen LogP contribution in [0.25, 0.3) is 0 Å². The average Bonchev–Trinajstić information content (AvgIpc) is 2.57. The molecule has 0 unspecified atom stereocenters. The number of carbonyl (C=O) groups is 2. The van der Waals surface area contributed by atoms with E-state index in [0.29, 0.717) is 23.3 Å². The fourth-order valence-corrected chi connectivity index (χ4v) is 3.23. The predicted octanol–water partition coefficient (Wildman–Crippen LogP) is 2.90. The molecule has 0 bridgehead atoms. The molecule has 6 heteroatoms. The van der Waals surface area contributed by atoms with E-state index in [1.165, 1.54) is 0 Å². The Morgan fingerprint density at radius 3 is 2.57 bits per heavy atom. The SMILES string of the molecule is CCC(CC)C(=O)N1CCC(NC(=O)c2ccc[nH]c2=S)CC1. The van der Waals surface area contributed by atoms with Crippen LogP contribution in [0.1, 0.15) is 49.9 Å². The maximum atomic E-state index is 12.4. The van der Waals surface area contributed by atoms with Crippen molar-refractivity contribution in [2.75, 3.05) is 13.1 Å². The Kier molecular flexibility index (Phi) is 6.33. The van der Waals surface area contributed by atoms with Gasteiger partial charge in [-0.1, -0.05) is 26.1 Å². The molecule has 2 heterocycles. The molecule has 0 aromatic carbocycles. The van der Waals surface area contributed by atoms with Crippen molar-refractivity contribution < 1.29 is 9.59 Å². The van der Waals surface area contributed by atoms with Crippen molar-refractivity contribution in [1.29, 1.82) is 0 Å². The number of likely N-dealkylation sites (tertiary alicyclic amines) is 1. The second-order valence-electron chi connectivity index (χ2n) is 6.00. The van der Waals surface area contributed by atoms with E-state index in [2.05, 4.69) is 24.1 Å². The molecule has 1 aliphatic rings. The lowest BCUT2D eigenvalue weighted by atomic mass is 9.98. The zero-order valence-electron chi connectivity index (χ0n) is 13.8. The van der Waals surface area contributed by atoms with Crippen molar-refractivity contribution in [3.63, 3.8) is 0 Å². The summed E-state index contributed by atoms with van der Waals surface area (Å²) >= 11 is 5.13. The van der Waals surface area contributed by atoms with E-state index in [-0.39, 0.29) is 23.8 Å². The number of hydrogen-bond acceptors (Lipinski definition) is 3. The van der Waals surface area contributed by atoms with Crippen molar-refractivity contribution in [2.24, 2.45) is 5.92 Å². The minimum Gasteiger partial charge on any atom is -0.352 e. The quantitative estimate of drug-likeness (QED) is 0.813. The molecule has 5 nitrogen and oxygen atoms in total. The Balaban J connectivity index is 1.88. The molecule has 23 heavy (non-hydrogen) atoms. The van der Waals surface area contributed by atoms with Crippen LogP contribution in [0.4, 0.5) is 0 Å². The largest absolute Gasteiger partial charge is 0.352 e. The summed E-state index contributed by atoms with van der Waals surface area (Å²) in [6.45, 7) is 5.54. The third kappa shape index (κ3) is 4.41. The van der Waals surface area contributed by atoms with E-state index in [0.717, 1.165) is 25.7 Å². The highest BCUT2D eigenvalue weighted by atomic mass is 32.1. The number of nitrogens with one attached hydrogen (secondary N) is 2. The molecule has 1 aromatic heterocycles. The number of aromatic nitrogens is 1. The summed E-state index contributed by atoms with van der Waals surface area (Å²) in [6.07, 6.45) is 5.07. The lowest BCUT2D eigenvalue weighted by molar-refractivity contribution is -0.136. The van der Waals surface area contributed by atoms with Gasteiger partial charge in [-0.05, 0) is 37.8 Å². The highest BCUT2D eigenvalue weighted by molar-refractivity contribution is 7.71. The van der Waals surface area contributed by atoms with E-state index < -0.39 is 0 Å². The third-order valence-corrected chi connectivity index (χ3v) is 4.88. The van der Waals surface area contributed by atoms with Crippen LogP contribution < -0.4 is 5.32 Å². The van der Waals surface area contributed by atoms with E-state index >= 15 is 0 Å². The van der Waals surface area contributed by atoms with Gasteiger partial charge < -0.3 is 15.2 Å². The lowest BCUT2D eigenvalue weighted by Crippen LogP contribution is -2.48. The van der Waals surface area contributed by atoms with Gasteiger partial charge in [0.25, 0.3) is 5.91 Å². The van der Waals surface area contributed by atoms with Crippen LogP contribution in [0.2, 0.25) is 0 Å². The van der Waals surface area contributed by atoms with Crippen molar-refractivity contribution in [3.8, 4) is 0 Å². The molecule has 1 aromatic rings. The zero-order chi connectivity index (χ0) is 16.8. The molecule has 0 radical (unpaired) electrons. The molecule has 1 saturated heterocycles. The number of piperidine rings is 1. The van der Waals surface area contributed by atoms with Crippen LogP contribution in [0.15, 0.2) is 18.3 Å². The number of pyridine rings is 1. The highest BCUT2D eigenvalue weighted by Crippen LogP contribution is 2.17. The van der Waals surface area contributed by atoms with Gasteiger partial charge in [0.15, 0.2) is 0 Å². The molecule has 1 aliphatic heterocycles. The number of hydrogen-bond donors (Lipinski definition) is 2. The number of amides is 2. The van der Waals surface area contributed by atoms with Gasteiger partial charge in [0.2, 0.25) is 5.91 Å². The summed E-state index contributed by atoms with van der Waals surface area (Å²) in [5.74, 6) is 0.241. The first-order chi connectivity index (χ1) is 11.1. The number of rotatable bonds is 5. The smallest absolute Gasteiger partial charge is 0.254 e. The standard InChI is InChI=1S/C17H25N3O2S/c1-3-12(4-2)17(22)20-10-7-13(8-11-20)19-15(21)14-6-5-9-18-16(14)23/h5-6,9,12-13H,3-4,7-8,10-11H2,1-2H3,(H,18,23)(H,19,21). The Labute approximate surface area is 142 Å². The molecule has 126 valence electrons. The molecular weight excluding hydrogens is 310 g/mol. The van der Waals surface area contributed by atoms with Crippen LogP contribution >= 0.6 is 12.2 Å². The van der Waals surface area contributed by atoms with Crippen LogP contribution in [0.5, 0.6) is 0 Å². The maximum absolute atomic E-state index is 12.4. The fourth-order valence-electron chi connectivity index (χ4n) is 3.00. The number of aromatic amines is 1. The molecular formula is C17H25N3O2S. The predicted molar refractivity (Wildman–Crippen MR) is 92.8 cm³/mol. The number of H-pyrrole nitrogens is 1. The maximum Gasteiger partial charge on any atom is 0.254 e. The monoisotopic (exact) mass is 335 g/mol. The summed E-state index contributed by atoms with van der Waals surface area (Å²) in [6, 6.07) is 3.59.